The molecule has 0 aromatic heterocycles. The molecule has 3 aliphatic carbocycles. The monoisotopic (exact) mass is 398 g/mol. The molecular weight excluding hydrogens is 372 g/mol. The van der Waals surface area contributed by atoms with E-state index in [1.54, 1.807) is 0 Å². The van der Waals surface area contributed by atoms with Gasteiger partial charge < -0.3 is 24.6 Å². The summed E-state index contributed by atoms with van der Waals surface area (Å²) in [5.74, 6) is 0.944. The van der Waals surface area contributed by atoms with Gasteiger partial charge in [-0.25, -0.2) is 4.79 Å². The Morgan fingerprint density at radius 1 is 1.24 bits per heavy atom. The van der Waals surface area contributed by atoms with Crippen LogP contribution in [0.2, 0.25) is 0 Å². The van der Waals surface area contributed by atoms with E-state index in [2.05, 4.69) is 16.3 Å². The fourth-order valence-electron chi connectivity index (χ4n) is 8.58. The summed E-state index contributed by atoms with van der Waals surface area (Å²) >= 11 is 0. The second-order valence-electron chi connectivity index (χ2n) is 9.91. The van der Waals surface area contributed by atoms with Crippen LogP contribution >= 0.6 is 0 Å². The maximum absolute atomic E-state index is 13.2. The van der Waals surface area contributed by atoms with Gasteiger partial charge in [0.05, 0.1) is 18.3 Å². The number of rotatable bonds is 1. The number of carbonyl (C=O) groups excluding carboxylic acids is 1. The lowest BCUT2D eigenvalue weighted by atomic mass is 9.37. The first-order valence-electron chi connectivity index (χ1n) is 10.8. The largest absolute Gasteiger partial charge is 0.467 e. The van der Waals surface area contributed by atoms with Gasteiger partial charge in [0.25, 0.3) is 0 Å². The van der Waals surface area contributed by atoms with Gasteiger partial charge in [-0.2, -0.15) is 0 Å². The van der Waals surface area contributed by atoms with E-state index in [-0.39, 0.29) is 17.6 Å². The first kappa shape index (κ1) is 16.8. The zero-order valence-corrected chi connectivity index (χ0v) is 16.6. The number of aliphatic hydroxyl groups is 1. The highest BCUT2D eigenvalue weighted by Gasteiger charge is 2.84. The summed E-state index contributed by atoms with van der Waals surface area (Å²) in [6.45, 7) is 2.30. The Hall–Kier alpha value is -1.99. The highest BCUT2D eigenvalue weighted by Crippen LogP contribution is 2.76. The van der Waals surface area contributed by atoms with Crippen LogP contribution in [0.5, 0.6) is 11.5 Å². The van der Waals surface area contributed by atoms with Crippen molar-refractivity contribution in [3.63, 3.8) is 0 Å². The molecule has 154 valence electrons. The van der Waals surface area contributed by atoms with Crippen molar-refractivity contribution in [1.29, 1.82) is 0 Å². The number of hydrogen-bond acceptors (Lipinski definition) is 7. The van der Waals surface area contributed by atoms with Crippen LogP contribution in [-0.2, 0) is 14.9 Å². The normalized spacial score (nSPS) is 45.4. The highest BCUT2D eigenvalue weighted by molar-refractivity contribution is 5.88. The van der Waals surface area contributed by atoms with Crippen LogP contribution in [0.3, 0.4) is 0 Å². The minimum Gasteiger partial charge on any atom is -0.467 e. The highest BCUT2D eigenvalue weighted by atomic mass is 16.7. The molecule has 29 heavy (non-hydrogen) atoms. The third-order valence-electron chi connectivity index (χ3n) is 9.28. The number of ether oxygens (including phenoxy) is 3. The average molecular weight is 398 g/mol. The summed E-state index contributed by atoms with van der Waals surface area (Å²) in [6.07, 6.45) is 5.36. The van der Waals surface area contributed by atoms with Gasteiger partial charge in [0.1, 0.15) is 0 Å². The van der Waals surface area contributed by atoms with Gasteiger partial charge in [0, 0.05) is 11.5 Å². The number of benzene rings is 1. The second kappa shape index (κ2) is 4.83. The van der Waals surface area contributed by atoms with E-state index in [0.29, 0.717) is 12.5 Å². The lowest BCUT2D eigenvalue weighted by Crippen LogP contribution is -2.83. The summed E-state index contributed by atoms with van der Waals surface area (Å²) in [5.41, 5.74) is -0.637. The number of hydrogen-bond donors (Lipinski definition) is 2. The van der Waals surface area contributed by atoms with Gasteiger partial charge in [0.15, 0.2) is 17.1 Å². The van der Waals surface area contributed by atoms with Crippen LogP contribution in [-0.4, -0.2) is 60.1 Å². The lowest BCUT2D eigenvalue weighted by molar-refractivity contribution is -0.223. The van der Waals surface area contributed by atoms with Gasteiger partial charge in [0.2, 0.25) is 6.79 Å². The quantitative estimate of drug-likeness (QED) is 0.698. The number of fused-ring (bicyclic) bond motifs is 5. The second-order valence-corrected chi connectivity index (χ2v) is 9.91. The molecule has 2 saturated heterocycles. The van der Waals surface area contributed by atoms with E-state index >= 15 is 0 Å². The molecule has 0 radical (unpaired) electrons. The van der Waals surface area contributed by atoms with Crippen molar-refractivity contribution in [2.45, 2.75) is 61.1 Å². The Kier molecular flexibility index (Phi) is 2.80. The summed E-state index contributed by atoms with van der Waals surface area (Å²) in [5, 5.41) is 15.8. The molecule has 3 spiro atoms. The molecular formula is C22H26N2O5. The number of nitrogens with one attached hydrogen (secondary N) is 1. The number of esters is 1. The van der Waals surface area contributed by atoms with Gasteiger partial charge in [-0.1, -0.05) is 6.07 Å². The number of anilines is 1. The van der Waals surface area contributed by atoms with Crippen LogP contribution in [0.25, 0.3) is 0 Å². The van der Waals surface area contributed by atoms with Crippen molar-refractivity contribution in [2.24, 2.45) is 5.41 Å². The van der Waals surface area contributed by atoms with Crippen LogP contribution in [0.4, 0.5) is 5.69 Å². The predicted molar refractivity (Wildman–Crippen MR) is 103 cm³/mol. The molecule has 2 bridgehead atoms. The third kappa shape index (κ3) is 1.50. The standard InChI is InChI=1S/C22H26N2O5/c1-27-18(25)21(26)11-19-5-2-9-24-10-8-20(17(19)24)13-3-4-14-16(29-12-28-14)15(13)23-22(20,21)7-6-19/h3-4,17,23,26H,2,5-12H2,1H3/t17-,19+,20+,21+,22-/m0/s1. The number of carbonyl (C=O) groups is 1. The first-order valence-corrected chi connectivity index (χ1v) is 10.8. The van der Waals surface area contributed by atoms with Gasteiger partial charge in [-0.3, -0.25) is 4.90 Å². The fraction of sp³-hybridized carbons (Fsp3) is 0.682. The Labute approximate surface area is 169 Å². The smallest absolute Gasteiger partial charge is 0.340 e. The topological polar surface area (TPSA) is 80.3 Å². The fourth-order valence-corrected chi connectivity index (χ4v) is 8.58. The minimum atomic E-state index is -1.56. The maximum atomic E-state index is 13.2. The van der Waals surface area contributed by atoms with Crippen molar-refractivity contribution < 1.29 is 24.1 Å². The summed E-state index contributed by atoms with van der Waals surface area (Å²) in [6, 6.07) is 4.47. The summed E-state index contributed by atoms with van der Waals surface area (Å²) in [4.78, 5) is 15.8. The number of nitrogens with zero attached hydrogens (tertiary/aromatic N) is 1. The Morgan fingerprint density at radius 2 is 2.14 bits per heavy atom. The van der Waals surface area contributed by atoms with E-state index in [0.717, 1.165) is 62.4 Å². The molecule has 8 rings (SSSR count). The molecule has 0 amide bonds. The van der Waals surface area contributed by atoms with Crippen molar-refractivity contribution >= 4 is 11.7 Å². The average Bonchev–Trinajstić information content (AvgIpc) is 3.43. The lowest BCUT2D eigenvalue weighted by Gasteiger charge is -2.71. The summed E-state index contributed by atoms with van der Waals surface area (Å²) in [7, 11) is 1.39. The van der Waals surface area contributed by atoms with E-state index in [1.807, 2.05) is 6.07 Å². The van der Waals surface area contributed by atoms with Crippen LogP contribution < -0.4 is 14.8 Å². The molecule has 4 aliphatic heterocycles. The molecule has 4 heterocycles. The maximum Gasteiger partial charge on any atom is 0.340 e. The van der Waals surface area contributed by atoms with Gasteiger partial charge >= 0.3 is 5.97 Å². The Balaban J connectivity index is 1.56. The molecule has 1 aromatic carbocycles. The molecule has 5 atom stereocenters. The molecule has 1 aromatic rings. The van der Waals surface area contributed by atoms with E-state index in [4.69, 9.17) is 14.2 Å². The molecule has 7 nitrogen and oxygen atoms in total. The molecule has 5 fully saturated rings. The van der Waals surface area contributed by atoms with Crippen LogP contribution in [0, 0.1) is 5.41 Å². The number of piperidine rings is 1. The van der Waals surface area contributed by atoms with E-state index in [1.165, 1.54) is 12.7 Å². The molecule has 0 unspecified atom stereocenters. The molecule has 7 aliphatic rings. The predicted octanol–water partition coefficient (Wildman–Crippen LogP) is 1.77. The van der Waals surface area contributed by atoms with Gasteiger partial charge in [-0.05, 0) is 68.7 Å². The Morgan fingerprint density at radius 3 is 3.00 bits per heavy atom. The molecule has 7 heteroatoms. The van der Waals surface area contributed by atoms with Crippen molar-refractivity contribution in [3.8, 4) is 11.5 Å². The molecule has 2 N–H and O–H groups in total. The number of methoxy groups -OCH3 is 1. The van der Waals surface area contributed by atoms with Crippen LogP contribution in [0.1, 0.15) is 44.1 Å². The van der Waals surface area contributed by atoms with Crippen molar-refractivity contribution in [1.82, 2.24) is 4.90 Å². The minimum absolute atomic E-state index is 0.0564. The van der Waals surface area contributed by atoms with E-state index < -0.39 is 17.1 Å². The summed E-state index contributed by atoms with van der Waals surface area (Å²) < 4.78 is 16.7. The Bertz CT molecular complexity index is 967. The van der Waals surface area contributed by atoms with Crippen LogP contribution in [0.15, 0.2) is 12.1 Å². The SMILES string of the molecule is COC(=O)[C@]1(O)C[C@@]23CCCN4CC[C@@]5(c6ccc7c(c6N[C@]15CC2)OCO7)[C@@H]43. The zero-order chi connectivity index (χ0) is 19.6. The van der Waals surface area contributed by atoms with Crippen molar-refractivity contribution in [3.05, 3.63) is 17.7 Å². The first-order chi connectivity index (χ1) is 14.0. The van der Waals surface area contributed by atoms with Crippen molar-refractivity contribution in [2.75, 3.05) is 32.3 Å². The van der Waals surface area contributed by atoms with Gasteiger partial charge in [-0.15, -0.1) is 0 Å². The van der Waals surface area contributed by atoms with E-state index in [9.17, 15) is 9.90 Å². The zero-order valence-electron chi connectivity index (χ0n) is 16.6. The third-order valence-corrected chi connectivity index (χ3v) is 9.28. The molecule has 3 saturated carbocycles.